The summed E-state index contributed by atoms with van der Waals surface area (Å²) in [6, 6.07) is 16.6. The Morgan fingerprint density at radius 2 is 1.65 bits per heavy atom. The highest BCUT2D eigenvalue weighted by Gasteiger charge is 2.12. The summed E-state index contributed by atoms with van der Waals surface area (Å²) in [6.07, 6.45) is 1.03. The van der Waals surface area contributed by atoms with Crippen LogP contribution < -0.4 is 4.74 Å². The highest BCUT2D eigenvalue weighted by Crippen LogP contribution is 2.23. The smallest absolute Gasteiger partial charge is 0.191 e. The minimum Gasteiger partial charge on any atom is -0.486 e. The van der Waals surface area contributed by atoms with Gasteiger partial charge in [0.2, 0.25) is 0 Å². The molecule has 0 fully saturated rings. The summed E-state index contributed by atoms with van der Waals surface area (Å²) in [5.41, 5.74) is 2.57. The molecule has 0 aliphatic rings. The van der Waals surface area contributed by atoms with Crippen LogP contribution in [0.2, 0.25) is 0 Å². The second-order valence-electron chi connectivity index (χ2n) is 5.84. The maximum atomic E-state index is 5.89. The van der Waals surface area contributed by atoms with Gasteiger partial charge in [-0.2, -0.15) is 0 Å². The van der Waals surface area contributed by atoms with Crippen molar-refractivity contribution in [3.05, 3.63) is 70.0 Å². The largest absolute Gasteiger partial charge is 0.486 e. The molecule has 0 aliphatic carbocycles. The summed E-state index contributed by atoms with van der Waals surface area (Å²) in [5, 5.41) is 9.59. The third-order valence-electron chi connectivity index (χ3n) is 4.09. The van der Waals surface area contributed by atoms with E-state index in [1.54, 1.807) is 11.8 Å². The lowest BCUT2D eigenvalue weighted by atomic mass is 10.2. The summed E-state index contributed by atoms with van der Waals surface area (Å²) in [4.78, 5) is 0. The van der Waals surface area contributed by atoms with Crippen molar-refractivity contribution in [2.45, 2.75) is 44.3 Å². The van der Waals surface area contributed by atoms with Crippen molar-refractivity contribution in [3.8, 4) is 5.75 Å². The number of aryl methyl sites for hydroxylation is 1. The van der Waals surface area contributed by atoms with Gasteiger partial charge >= 0.3 is 0 Å². The lowest BCUT2D eigenvalue weighted by molar-refractivity contribution is 0.288. The molecule has 0 unspecified atom stereocenters. The van der Waals surface area contributed by atoms with Gasteiger partial charge < -0.3 is 9.30 Å². The summed E-state index contributed by atoms with van der Waals surface area (Å²) in [6.45, 7) is 5.49. The van der Waals surface area contributed by atoms with Gasteiger partial charge in [0.25, 0.3) is 0 Å². The molecule has 3 aromatic rings. The fourth-order valence-electron chi connectivity index (χ4n) is 2.55. The fourth-order valence-corrected chi connectivity index (χ4v) is 3.79. The summed E-state index contributed by atoms with van der Waals surface area (Å²) in [5.74, 6) is 2.58. The molecule has 0 spiro atoms. The second-order valence-corrected chi connectivity index (χ2v) is 7.70. The van der Waals surface area contributed by atoms with Crippen molar-refractivity contribution in [1.29, 1.82) is 0 Å². The first-order chi connectivity index (χ1) is 12.7. The van der Waals surface area contributed by atoms with Gasteiger partial charge in [-0.1, -0.05) is 58.9 Å². The number of halogens is 1. The number of nitrogens with zero attached hydrogens (tertiary/aromatic N) is 3. The van der Waals surface area contributed by atoms with E-state index in [2.05, 4.69) is 80.9 Å². The Balaban J connectivity index is 1.62. The molecule has 26 heavy (non-hydrogen) atoms. The maximum Gasteiger partial charge on any atom is 0.191 e. The third kappa shape index (κ3) is 4.89. The average Bonchev–Trinajstić information content (AvgIpc) is 3.08. The van der Waals surface area contributed by atoms with Crippen molar-refractivity contribution < 1.29 is 4.74 Å². The van der Waals surface area contributed by atoms with E-state index < -0.39 is 0 Å². The van der Waals surface area contributed by atoms with Gasteiger partial charge in [0.1, 0.15) is 12.4 Å². The molecule has 0 bridgehead atoms. The molecule has 2 aromatic carbocycles. The van der Waals surface area contributed by atoms with E-state index in [0.717, 1.165) is 39.9 Å². The Labute approximate surface area is 167 Å². The molecule has 0 N–H and O–H groups in total. The Morgan fingerprint density at radius 1 is 0.962 bits per heavy atom. The van der Waals surface area contributed by atoms with E-state index in [9.17, 15) is 0 Å². The molecule has 136 valence electrons. The topological polar surface area (TPSA) is 39.9 Å². The number of ether oxygens (including phenoxy) is 1. The minimum atomic E-state index is 0.422. The molecule has 1 heterocycles. The molecule has 3 rings (SSSR count). The monoisotopic (exact) mass is 431 g/mol. The number of thioether (sulfide) groups is 1. The van der Waals surface area contributed by atoms with Gasteiger partial charge in [0.05, 0.1) is 0 Å². The van der Waals surface area contributed by atoms with Crippen LogP contribution in [0, 0.1) is 0 Å². The van der Waals surface area contributed by atoms with Gasteiger partial charge in [0.15, 0.2) is 11.0 Å². The van der Waals surface area contributed by atoms with E-state index in [1.165, 1.54) is 11.1 Å². The molecule has 0 saturated carbocycles. The quantitative estimate of drug-likeness (QED) is 0.441. The standard InChI is InChI=1S/C20H22BrN3OS/c1-3-15-7-11-18(12-8-15)25-13-19-22-23-20(24(19)4-2)26-14-16-5-9-17(21)10-6-16/h5-12H,3-4,13-14H2,1-2H3. The first kappa shape index (κ1) is 19.0. The molecule has 4 nitrogen and oxygen atoms in total. The van der Waals surface area contributed by atoms with E-state index in [0.29, 0.717) is 6.61 Å². The number of hydrogen-bond acceptors (Lipinski definition) is 4. The van der Waals surface area contributed by atoms with Gasteiger partial charge in [0, 0.05) is 16.8 Å². The number of rotatable bonds is 8. The zero-order chi connectivity index (χ0) is 18.4. The molecule has 0 aliphatic heterocycles. The number of hydrogen-bond donors (Lipinski definition) is 0. The summed E-state index contributed by atoms with van der Waals surface area (Å²) in [7, 11) is 0. The number of aromatic nitrogens is 3. The zero-order valence-corrected chi connectivity index (χ0v) is 17.4. The fraction of sp³-hybridized carbons (Fsp3) is 0.300. The summed E-state index contributed by atoms with van der Waals surface area (Å²) >= 11 is 5.16. The number of benzene rings is 2. The van der Waals surface area contributed by atoms with Crippen LogP contribution in [0.5, 0.6) is 5.75 Å². The highest BCUT2D eigenvalue weighted by atomic mass is 79.9. The molecular formula is C20H22BrN3OS. The molecule has 0 radical (unpaired) electrons. The molecule has 1 aromatic heterocycles. The van der Waals surface area contributed by atoms with Crippen molar-refractivity contribution in [2.75, 3.05) is 0 Å². The van der Waals surface area contributed by atoms with Gasteiger partial charge in [-0.25, -0.2) is 0 Å². The van der Waals surface area contributed by atoms with Crippen molar-refractivity contribution >= 4 is 27.7 Å². The van der Waals surface area contributed by atoms with Crippen molar-refractivity contribution in [3.63, 3.8) is 0 Å². The Bertz CT molecular complexity index is 831. The highest BCUT2D eigenvalue weighted by molar-refractivity contribution is 9.10. The molecule has 0 amide bonds. The van der Waals surface area contributed by atoms with Gasteiger partial charge in [-0.3, -0.25) is 0 Å². The van der Waals surface area contributed by atoms with Crippen LogP contribution in [0.25, 0.3) is 0 Å². The Hall–Kier alpha value is -1.79. The lowest BCUT2D eigenvalue weighted by Gasteiger charge is -2.09. The normalized spacial score (nSPS) is 10.9. The van der Waals surface area contributed by atoms with Crippen LogP contribution >= 0.6 is 27.7 Å². The van der Waals surface area contributed by atoms with Crippen molar-refractivity contribution in [1.82, 2.24) is 14.8 Å². The molecular weight excluding hydrogens is 410 g/mol. The molecule has 0 saturated heterocycles. The zero-order valence-electron chi connectivity index (χ0n) is 15.0. The van der Waals surface area contributed by atoms with E-state index in [1.807, 2.05) is 12.1 Å². The van der Waals surface area contributed by atoms with Crippen LogP contribution in [-0.2, 0) is 25.3 Å². The predicted octanol–water partition coefficient (Wildman–Crippen LogP) is 5.49. The second kappa shape index (κ2) is 9.24. The lowest BCUT2D eigenvalue weighted by Crippen LogP contribution is -2.07. The first-order valence-electron chi connectivity index (χ1n) is 8.70. The Morgan fingerprint density at radius 3 is 2.31 bits per heavy atom. The van der Waals surface area contributed by atoms with E-state index >= 15 is 0 Å². The van der Waals surface area contributed by atoms with Crippen LogP contribution in [0.3, 0.4) is 0 Å². The molecule has 6 heteroatoms. The van der Waals surface area contributed by atoms with Gasteiger partial charge in [-0.05, 0) is 48.7 Å². The van der Waals surface area contributed by atoms with E-state index in [4.69, 9.17) is 4.74 Å². The van der Waals surface area contributed by atoms with Crippen LogP contribution in [-0.4, -0.2) is 14.8 Å². The van der Waals surface area contributed by atoms with Crippen molar-refractivity contribution in [2.24, 2.45) is 0 Å². The SMILES string of the molecule is CCc1ccc(OCc2nnc(SCc3ccc(Br)cc3)n2CC)cc1. The Kier molecular flexibility index (Phi) is 6.74. The molecule has 0 atom stereocenters. The van der Waals surface area contributed by atoms with Crippen LogP contribution in [0.4, 0.5) is 0 Å². The van der Waals surface area contributed by atoms with E-state index in [-0.39, 0.29) is 0 Å². The third-order valence-corrected chi connectivity index (χ3v) is 5.66. The average molecular weight is 432 g/mol. The maximum absolute atomic E-state index is 5.89. The predicted molar refractivity (Wildman–Crippen MR) is 110 cm³/mol. The minimum absolute atomic E-state index is 0.422. The van der Waals surface area contributed by atoms with Crippen LogP contribution in [0.15, 0.2) is 58.2 Å². The van der Waals surface area contributed by atoms with Crippen LogP contribution in [0.1, 0.15) is 30.8 Å². The van der Waals surface area contributed by atoms with Gasteiger partial charge in [-0.15, -0.1) is 10.2 Å². The summed E-state index contributed by atoms with van der Waals surface area (Å²) < 4.78 is 9.09. The first-order valence-corrected chi connectivity index (χ1v) is 10.5.